The van der Waals surface area contributed by atoms with E-state index in [-0.39, 0.29) is 27.8 Å². The van der Waals surface area contributed by atoms with E-state index in [9.17, 15) is 13.2 Å². The molecule has 3 rings (SSSR count). The number of hydrogen-bond acceptors (Lipinski definition) is 5. The maximum atomic E-state index is 12.7. The van der Waals surface area contributed by atoms with Crippen molar-refractivity contribution < 1.29 is 17.9 Å². The van der Waals surface area contributed by atoms with Crippen molar-refractivity contribution in [1.29, 1.82) is 0 Å². The molecule has 0 fully saturated rings. The third-order valence-electron chi connectivity index (χ3n) is 3.91. The van der Waals surface area contributed by atoms with Gasteiger partial charge in [0.05, 0.1) is 34.1 Å². The molecular weight excluding hydrogens is 423 g/mol. The number of esters is 1. The van der Waals surface area contributed by atoms with Gasteiger partial charge in [0.25, 0.3) is 0 Å². The standard InChI is InChI=1S/C19H16Cl2N2O4S/c20-14-6-7-17(18(21)10-14)19(24)27-15(11-23-9-8-22-13-23)12-28(25,26)16-4-2-1-3-5-16/h1-10,13,15H,11-12H2. The van der Waals surface area contributed by atoms with Crippen molar-refractivity contribution in [2.45, 2.75) is 17.5 Å². The van der Waals surface area contributed by atoms with Gasteiger partial charge in [-0.1, -0.05) is 41.4 Å². The summed E-state index contributed by atoms with van der Waals surface area (Å²) in [6.07, 6.45) is 3.79. The summed E-state index contributed by atoms with van der Waals surface area (Å²) in [7, 11) is -3.67. The molecule has 0 N–H and O–H groups in total. The molecule has 0 radical (unpaired) electrons. The smallest absolute Gasteiger partial charge is 0.340 e. The number of halogens is 2. The van der Waals surface area contributed by atoms with Crippen LogP contribution in [0.5, 0.6) is 0 Å². The molecule has 0 saturated heterocycles. The molecule has 0 bridgehead atoms. The number of aromatic nitrogens is 2. The Bertz CT molecular complexity index is 1050. The van der Waals surface area contributed by atoms with Crippen LogP contribution in [-0.2, 0) is 21.1 Å². The molecule has 3 aromatic rings. The molecule has 0 aliphatic rings. The third kappa shape index (κ3) is 5.13. The zero-order valence-corrected chi connectivity index (χ0v) is 16.9. The minimum Gasteiger partial charge on any atom is -0.456 e. The quantitative estimate of drug-likeness (QED) is 0.522. The number of carbonyl (C=O) groups is 1. The highest BCUT2D eigenvalue weighted by molar-refractivity contribution is 7.91. The zero-order chi connectivity index (χ0) is 20.1. The molecule has 0 saturated carbocycles. The fourth-order valence-corrected chi connectivity index (χ4v) is 4.51. The monoisotopic (exact) mass is 438 g/mol. The average Bonchev–Trinajstić information content (AvgIpc) is 3.15. The van der Waals surface area contributed by atoms with E-state index in [1.807, 2.05) is 0 Å². The van der Waals surface area contributed by atoms with E-state index in [2.05, 4.69) is 4.98 Å². The van der Waals surface area contributed by atoms with Gasteiger partial charge in [0.15, 0.2) is 9.84 Å². The number of ether oxygens (including phenoxy) is 1. The molecule has 1 atom stereocenters. The van der Waals surface area contributed by atoms with Gasteiger partial charge in [0.1, 0.15) is 6.10 Å². The Balaban J connectivity index is 1.83. The van der Waals surface area contributed by atoms with E-state index in [1.54, 1.807) is 35.2 Å². The van der Waals surface area contributed by atoms with Crippen LogP contribution >= 0.6 is 23.2 Å². The van der Waals surface area contributed by atoms with Gasteiger partial charge in [0, 0.05) is 17.4 Å². The predicted octanol–water partition coefficient (Wildman–Crippen LogP) is 3.89. The van der Waals surface area contributed by atoms with Gasteiger partial charge in [0.2, 0.25) is 0 Å². The normalized spacial score (nSPS) is 12.5. The average molecular weight is 439 g/mol. The first-order valence-corrected chi connectivity index (χ1v) is 10.7. The summed E-state index contributed by atoms with van der Waals surface area (Å²) >= 11 is 11.9. The maximum absolute atomic E-state index is 12.7. The number of imidazole rings is 1. The van der Waals surface area contributed by atoms with Crippen molar-refractivity contribution >= 4 is 39.0 Å². The second kappa shape index (κ2) is 8.77. The minimum atomic E-state index is -3.67. The van der Waals surface area contributed by atoms with E-state index in [0.717, 1.165) is 0 Å². The molecule has 146 valence electrons. The largest absolute Gasteiger partial charge is 0.456 e. The summed E-state index contributed by atoms with van der Waals surface area (Å²) in [5.41, 5.74) is 0.110. The first-order chi connectivity index (χ1) is 13.3. The van der Waals surface area contributed by atoms with Crippen LogP contribution < -0.4 is 0 Å². The molecule has 0 amide bonds. The number of nitrogens with zero attached hydrogens (tertiary/aromatic N) is 2. The van der Waals surface area contributed by atoms with Crippen LogP contribution in [0.25, 0.3) is 0 Å². The molecule has 2 aromatic carbocycles. The van der Waals surface area contributed by atoms with Gasteiger partial charge in [-0.2, -0.15) is 0 Å². The number of carbonyl (C=O) groups excluding carboxylic acids is 1. The van der Waals surface area contributed by atoms with Crippen LogP contribution in [0.4, 0.5) is 0 Å². The zero-order valence-electron chi connectivity index (χ0n) is 14.5. The Morgan fingerprint density at radius 2 is 1.89 bits per heavy atom. The van der Waals surface area contributed by atoms with E-state index in [0.29, 0.717) is 5.02 Å². The molecule has 0 aliphatic heterocycles. The first kappa shape index (κ1) is 20.4. The van der Waals surface area contributed by atoms with Crippen LogP contribution in [0.3, 0.4) is 0 Å². The van der Waals surface area contributed by atoms with Crippen molar-refractivity contribution in [3.8, 4) is 0 Å². The second-order valence-electron chi connectivity index (χ2n) is 6.01. The van der Waals surface area contributed by atoms with Crippen molar-refractivity contribution in [2.75, 3.05) is 5.75 Å². The van der Waals surface area contributed by atoms with Gasteiger partial charge >= 0.3 is 5.97 Å². The SMILES string of the molecule is O=C(OC(Cn1ccnc1)CS(=O)(=O)c1ccccc1)c1ccc(Cl)cc1Cl. The highest BCUT2D eigenvalue weighted by Gasteiger charge is 2.26. The van der Waals surface area contributed by atoms with Crippen molar-refractivity contribution in [3.05, 3.63) is 82.9 Å². The predicted molar refractivity (Wildman–Crippen MR) is 106 cm³/mol. The molecule has 9 heteroatoms. The molecule has 0 spiro atoms. The fourth-order valence-electron chi connectivity index (χ4n) is 2.59. The highest BCUT2D eigenvalue weighted by atomic mass is 35.5. The summed E-state index contributed by atoms with van der Waals surface area (Å²) in [5.74, 6) is -1.11. The van der Waals surface area contributed by atoms with Crippen LogP contribution in [0.2, 0.25) is 10.0 Å². The van der Waals surface area contributed by atoms with Gasteiger partial charge in [-0.15, -0.1) is 0 Å². The Labute approximate surface area is 172 Å². The molecule has 1 aromatic heterocycles. The summed E-state index contributed by atoms with van der Waals surface area (Å²) in [6.45, 7) is 0.128. The second-order valence-corrected chi connectivity index (χ2v) is 8.88. The Morgan fingerprint density at radius 1 is 1.14 bits per heavy atom. The molecular formula is C19H16Cl2N2O4S. The number of benzene rings is 2. The van der Waals surface area contributed by atoms with E-state index in [4.69, 9.17) is 27.9 Å². The van der Waals surface area contributed by atoms with Gasteiger partial charge < -0.3 is 9.30 Å². The lowest BCUT2D eigenvalue weighted by molar-refractivity contribution is 0.0313. The number of hydrogen-bond donors (Lipinski definition) is 0. The Hall–Kier alpha value is -2.35. The molecule has 1 unspecified atom stereocenters. The molecule has 6 nitrogen and oxygen atoms in total. The van der Waals surface area contributed by atoms with Crippen LogP contribution in [0.15, 0.2) is 72.1 Å². The molecule has 28 heavy (non-hydrogen) atoms. The van der Waals surface area contributed by atoms with Crippen molar-refractivity contribution in [2.24, 2.45) is 0 Å². The van der Waals surface area contributed by atoms with Crippen molar-refractivity contribution in [1.82, 2.24) is 9.55 Å². The minimum absolute atomic E-state index is 0.110. The lowest BCUT2D eigenvalue weighted by Gasteiger charge is -2.19. The van der Waals surface area contributed by atoms with E-state index >= 15 is 0 Å². The maximum Gasteiger partial charge on any atom is 0.340 e. The Kier molecular flexibility index (Phi) is 6.39. The molecule has 0 aliphatic carbocycles. The van der Waals surface area contributed by atoms with Crippen LogP contribution in [0.1, 0.15) is 10.4 Å². The van der Waals surface area contributed by atoms with Gasteiger partial charge in [-0.25, -0.2) is 18.2 Å². The lowest BCUT2D eigenvalue weighted by atomic mass is 10.2. The highest BCUT2D eigenvalue weighted by Crippen LogP contribution is 2.23. The topological polar surface area (TPSA) is 78.3 Å². The summed E-state index contributed by atoms with van der Waals surface area (Å²) in [6, 6.07) is 12.4. The van der Waals surface area contributed by atoms with Crippen LogP contribution in [0, 0.1) is 0 Å². The van der Waals surface area contributed by atoms with Crippen LogP contribution in [-0.4, -0.2) is 35.8 Å². The third-order valence-corrected chi connectivity index (χ3v) is 6.25. The lowest BCUT2D eigenvalue weighted by Crippen LogP contribution is -2.31. The van der Waals surface area contributed by atoms with E-state index in [1.165, 1.54) is 36.7 Å². The Morgan fingerprint density at radius 3 is 2.54 bits per heavy atom. The van der Waals surface area contributed by atoms with Crippen molar-refractivity contribution in [3.63, 3.8) is 0 Å². The summed E-state index contributed by atoms with van der Waals surface area (Å²) in [5, 5.41) is 0.507. The van der Waals surface area contributed by atoms with E-state index < -0.39 is 21.9 Å². The van der Waals surface area contributed by atoms with Gasteiger partial charge in [-0.05, 0) is 30.3 Å². The van der Waals surface area contributed by atoms with Gasteiger partial charge in [-0.3, -0.25) is 0 Å². The summed E-state index contributed by atoms with van der Waals surface area (Å²) < 4.78 is 32.6. The molecule has 1 heterocycles. The number of rotatable bonds is 7. The summed E-state index contributed by atoms with van der Waals surface area (Å²) in [4.78, 5) is 16.7. The number of sulfone groups is 1. The fraction of sp³-hybridized carbons (Fsp3) is 0.158. The first-order valence-electron chi connectivity index (χ1n) is 8.25.